The molecule has 0 aromatic rings. The van der Waals surface area contributed by atoms with Gasteiger partial charge in [0, 0.05) is 65.8 Å². The lowest BCUT2D eigenvalue weighted by atomic mass is 10.0. The van der Waals surface area contributed by atoms with Gasteiger partial charge < -0.3 is 9.80 Å². The van der Waals surface area contributed by atoms with Gasteiger partial charge in [-0.05, 0) is 12.8 Å². The van der Waals surface area contributed by atoms with Crippen molar-refractivity contribution in [3.63, 3.8) is 0 Å². The second-order valence-electron chi connectivity index (χ2n) is 7.38. The number of nitrogens with zero attached hydrogens (tertiary/aromatic N) is 5. The van der Waals surface area contributed by atoms with E-state index in [0.29, 0.717) is 24.9 Å². The van der Waals surface area contributed by atoms with E-state index in [0.717, 1.165) is 39.3 Å². The maximum absolute atomic E-state index is 12.6. The highest BCUT2D eigenvalue weighted by atomic mass is 16.2. The highest BCUT2D eigenvalue weighted by Gasteiger charge is 2.39. The molecule has 0 bridgehead atoms. The van der Waals surface area contributed by atoms with Crippen LogP contribution in [-0.2, 0) is 9.59 Å². The van der Waals surface area contributed by atoms with Crippen molar-refractivity contribution in [1.29, 1.82) is 5.26 Å². The van der Waals surface area contributed by atoms with Gasteiger partial charge in [-0.25, -0.2) is 0 Å². The van der Waals surface area contributed by atoms with Crippen molar-refractivity contribution in [2.24, 2.45) is 5.92 Å². The minimum atomic E-state index is -0.158. The summed E-state index contributed by atoms with van der Waals surface area (Å²) in [6.07, 6.45) is 0.369. The Morgan fingerprint density at radius 1 is 1.24 bits per heavy atom. The first kappa shape index (κ1) is 19.7. The molecule has 25 heavy (non-hydrogen) atoms. The molecule has 0 saturated carbocycles. The van der Waals surface area contributed by atoms with Gasteiger partial charge >= 0.3 is 0 Å². The van der Waals surface area contributed by atoms with Crippen LogP contribution in [0.5, 0.6) is 0 Å². The minimum absolute atomic E-state index is 0.0875. The van der Waals surface area contributed by atoms with Gasteiger partial charge in [0.15, 0.2) is 0 Å². The van der Waals surface area contributed by atoms with Crippen LogP contribution in [0.4, 0.5) is 0 Å². The number of hydrogen-bond acceptors (Lipinski definition) is 5. The number of amides is 2. The molecule has 2 aliphatic rings. The molecule has 0 aromatic carbocycles. The van der Waals surface area contributed by atoms with Crippen molar-refractivity contribution < 1.29 is 9.59 Å². The molecule has 2 fully saturated rings. The second kappa shape index (κ2) is 8.63. The minimum Gasteiger partial charge on any atom is -0.343 e. The van der Waals surface area contributed by atoms with E-state index in [2.05, 4.69) is 22.8 Å². The van der Waals surface area contributed by atoms with Crippen LogP contribution in [0.3, 0.4) is 0 Å². The van der Waals surface area contributed by atoms with E-state index < -0.39 is 0 Å². The van der Waals surface area contributed by atoms with Gasteiger partial charge in [0.2, 0.25) is 11.8 Å². The van der Waals surface area contributed by atoms with Crippen LogP contribution in [0.1, 0.15) is 27.2 Å². The largest absolute Gasteiger partial charge is 0.343 e. The molecule has 2 aliphatic heterocycles. The number of carbonyl (C=O) groups excluding carboxylic acids is 2. The van der Waals surface area contributed by atoms with Crippen molar-refractivity contribution in [3.8, 4) is 6.07 Å². The van der Waals surface area contributed by atoms with Gasteiger partial charge in [-0.3, -0.25) is 19.4 Å². The Bertz CT molecular complexity index is 524. The van der Waals surface area contributed by atoms with E-state index in [9.17, 15) is 9.59 Å². The van der Waals surface area contributed by atoms with E-state index in [-0.39, 0.29) is 17.9 Å². The third-order valence-electron chi connectivity index (χ3n) is 5.67. The smallest absolute Gasteiger partial charge is 0.239 e. The van der Waals surface area contributed by atoms with Crippen LogP contribution >= 0.6 is 0 Å². The average Bonchev–Trinajstić information content (AvgIpc) is 3.00. The lowest BCUT2D eigenvalue weighted by Gasteiger charge is -2.39. The number of likely N-dealkylation sites (tertiary alicyclic amines) is 1. The summed E-state index contributed by atoms with van der Waals surface area (Å²) in [7, 11) is 1.77. The summed E-state index contributed by atoms with van der Waals surface area (Å²) in [5.41, 5.74) is 0. The molecule has 7 heteroatoms. The van der Waals surface area contributed by atoms with Crippen LogP contribution in [0.25, 0.3) is 0 Å². The van der Waals surface area contributed by atoms with Crippen LogP contribution in [0.2, 0.25) is 0 Å². The molecule has 140 valence electrons. The number of hydrogen-bond donors (Lipinski definition) is 0. The summed E-state index contributed by atoms with van der Waals surface area (Å²) in [6.45, 7) is 11.5. The molecule has 2 heterocycles. The molecule has 2 amide bonds. The first-order valence-corrected chi connectivity index (χ1v) is 9.20. The molecule has 2 rings (SSSR count). The van der Waals surface area contributed by atoms with E-state index in [1.54, 1.807) is 18.9 Å². The quantitative estimate of drug-likeness (QED) is 0.711. The Morgan fingerprint density at radius 3 is 2.44 bits per heavy atom. The average molecular weight is 349 g/mol. The Hall–Kier alpha value is -1.65. The maximum Gasteiger partial charge on any atom is 0.239 e. The third kappa shape index (κ3) is 4.71. The molecular weight excluding hydrogens is 318 g/mol. The maximum atomic E-state index is 12.6. The van der Waals surface area contributed by atoms with E-state index >= 15 is 0 Å². The summed E-state index contributed by atoms with van der Waals surface area (Å²) >= 11 is 0. The van der Waals surface area contributed by atoms with Gasteiger partial charge in [-0.2, -0.15) is 5.26 Å². The number of rotatable bonds is 5. The number of piperazine rings is 1. The fraction of sp³-hybridized carbons (Fsp3) is 0.833. The lowest BCUT2D eigenvalue weighted by Crippen LogP contribution is -2.53. The predicted molar refractivity (Wildman–Crippen MR) is 95.7 cm³/mol. The summed E-state index contributed by atoms with van der Waals surface area (Å²) < 4.78 is 0. The molecule has 0 radical (unpaired) electrons. The summed E-state index contributed by atoms with van der Waals surface area (Å²) in [5.74, 6) is 0.744. The van der Waals surface area contributed by atoms with Crippen LogP contribution in [0.15, 0.2) is 0 Å². The lowest BCUT2D eigenvalue weighted by molar-refractivity contribution is -0.135. The molecular formula is C18H31N5O2. The van der Waals surface area contributed by atoms with Crippen molar-refractivity contribution in [2.75, 3.05) is 52.9 Å². The Labute approximate surface area is 151 Å². The number of nitriles is 1. The number of likely N-dealkylation sites (N-methyl/N-ethyl adjacent to an activating group) is 1. The molecule has 0 N–H and O–H groups in total. The van der Waals surface area contributed by atoms with E-state index in [1.807, 2.05) is 11.8 Å². The highest BCUT2D eigenvalue weighted by Crippen LogP contribution is 2.25. The van der Waals surface area contributed by atoms with E-state index in [1.165, 1.54) is 0 Å². The molecule has 7 nitrogen and oxygen atoms in total. The molecule has 0 unspecified atom stereocenters. The summed E-state index contributed by atoms with van der Waals surface area (Å²) in [6, 6.07) is 2.37. The molecule has 2 saturated heterocycles. The highest BCUT2D eigenvalue weighted by molar-refractivity contribution is 5.81. The van der Waals surface area contributed by atoms with Gasteiger partial charge in [-0.15, -0.1) is 0 Å². The summed E-state index contributed by atoms with van der Waals surface area (Å²) in [4.78, 5) is 32.3. The third-order valence-corrected chi connectivity index (χ3v) is 5.67. The predicted octanol–water partition coefficient (Wildman–Crippen LogP) is 0.231. The zero-order valence-electron chi connectivity index (χ0n) is 15.9. The van der Waals surface area contributed by atoms with Crippen LogP contribution < -0.4 is 0 Å². The number of carbonyl (C=O) groups is 2. The van der Waals surface area contributed by atoms with Crippen molar-refractivity contribution in [1.82, 2.24) is 19.6 Å². The van der Waals surface area contributed by atoms with Crippen molar-refractivity contribution in [3.05, 3.63) is 0 Å². The standard InChI is InChI=1S/C18H31N5O2/c1-14-12-23(15(2)18(25)20(4)7-5-6-19)13-17(14)22-10-8-21(9-11-22)16(3)24/h14-15,17H,5,7-13H2,1-4H3/t14-,15-,17-/m1/s1. The van der Waals surface area contributed by atoms with Crippen LogP contribution in [-0.4, -0.2) is 96.4 Å². The second-order valence-corrected chi connectivity index (χ2v) is 7.38. The Kier molecular flexibility index (Phi) is 6.79. The zero-order valence-corrected chi connectivity index (χ0v) is 15.9. The van der Waals surface area contributed by atoms with Crippen molar-refractivity contribution in [2.45, 2.75) is 39.3 Å². The fourth-order valence-electron chi connectivity index (χ4n) is 3.95. The van der Waals surface area contributed by atoms with Crippen LogP contribution in [0, 0.1) is 17.2 Å². The molecule has 3 atom stereocenters. The first-order valence-electron chi connectivity index (χ1n) is 9.20. The Morgan fingerprint density at radius 2 is 1.88 bits per heavy atom. The van der Waals surface area contributed by atoms with Gasteiger partial charge in [0.05, 0.1) is 18.5 Å². The normalized spacial score (nSPS) is 26.3. The molecule has 0 aromatic heterocycles. The fourth-order valence-corrected chi connectivity index (χ4v) is 3.95. The SMILES string of the molecule is CC(=O)N1CCN([C@@H]2CN([C@H](C)C(=O)N(C)CCC#N)C[C@H]2C)CC1. The zero-order chi connectivity index (χ0) is 18.6. The monoisotopic (exact) mass is 349 g/mol. The van der Waals surface area contributed by atoms with Gasteiger partial charge in [-0.1, -0.05) is 6.92 Å². The molecule has 0 spiro atoms. The molecule has 0 aliphatic carbocycles. The summed E-state index contributed by atoms with van der Waals surface area (Å²) in [5, 5.41) is 8.69. The van der Waals surface area contributed by atoms with Gasteiger partial charge in [0.1, 0.15) is 0 Å². The van der Waals surface area contributed by atoms with E-state index in [4.69, 9.17) is 5.26 Å². The van der Waals surface area contributed by atoms with Gasteiger partial charge in [0.25, 0.3) is 0 Å². The Balaban J connectivity index is 1.89. The van der Waals surface area contributed by atoms with Crippen molar-refractivity contribution >= 4 is 11.8 Å². The topological polar surface area (TPSA) is 70.9 Å². The first-order chi connectivity index (χ1) is 11.8.